The van der Waals surface area contributed by atoms with Gasteiger partial charge in [-0.15, -0.1) is 0 Å². The SMILES string of the molecule is COn1ccc2ncc(C3=CCNCC3)c-2c1. The standard InChI is InChI=1S/C13H15N3O/c1-17-16-7-4-13-12(9-16)11(8-15-13)10-2-5-14-6-3-10/h2,4,7-9,14H,3,5-6H2,1H3. The summed E-state index contributed by atoms with van der Waals surface area (Å²) in [6.45, 7) is 1.98. The Labute approximate surface area is 100 Å². The van der Waals surface area contributed by atoms with E-state index in [0.717, 1.165) is 30.8 Å². The molecular formula is C13H15N3O. The Balaban J connectivity index is 2.08. The molecule has 0 spiro atoms. The number of pyridine rings is 1. The van der Waals surface area contributed by atoms with Gasteiger partial charge in [0, 0.05) is 30.1 Å². The average Bonchev–Trinajstić information content (AvgIpc) is 2.82. The van der Waals surface area contributed by atoms with Crippen LogP contribution in [0.25, 0.3) is 16.8 Å². The Kier molecular flexibility index (Phi) is 2.57. The van der Waals surface area contributed by atoms with Crippen LogP contribution in [0, 0.1) is 0 Å². The summed E-state index contributed by atoms with van der Waals surface area (Å²) >= 11 is 0. The van der Waals surface area contributed by atoms with Gasteiger partial charge in [-0.1, -0.05) is 6.08 Å². The van der Waals surface area contributed by atoms with E-state index in [1.165, 1.54) is 11.1 Å². The number of aromatic nitrogens is 2. The minimum absolute atomic E-state index is 0.944. The summed E-state index contributed by atoms with van der Waals surface area (Å²) in [6, 6.07) is 1.98. The van der Waals surface area contributed by atoms with Crippen molar-refractivity contribution in [2.75, 3.05) is 20.2 Å². The number of hydrogen-bond donors (Lipinski definition) is 1. The van der Waals surface area contributed by atoms with Gasteiger partial charge in [0.1, 0.15) is 7.11 Å². The van der Waals surface area contributed by atoms with Gasteiger partial charge in [0.25, 0.3) is 0 Å². The largest absolute Gasteiger partial charge is 0.418 e. The number of rotatable bonds is 2. The summed E-state index contributed by atoms with van der Waals surface area (Å²) in [4.78, 5) is 9.63. The summed E-state index contributed by atoms with van der Waals surface area (Å²) in [5, 5.41) is 3.32. The van der Waals surface area contributed by atoms with E-state index < -0.39 is 0 Å². The van der Waals surface area contributed by atoms with Gasteiger partial charge in [0.05, 0.1) is 11.9 Å². The van der Waals surface area contributed by atoms with Gasteiger partial charge in [0.15, 0.2) is 0 Å². The Morgan fingerprint density at radius 2 is 2.35 bits per heavy atom. The molecule has 0 saturated carbocycles. The zero-order valence-corrected chi connectivity index (χ0v) is 9.81. The molecule has 0 bridgehead atoms. The Hall–Kier alpha value is -1.81. The van der Waals surface area contributed by atoms with Gasteiger partial charge < -0.3 is 10.2 Å². The zero-order chi connectivity index (χ0) is 11.7. The second-order valence-corrected chi connectivity index (χ2v) is 4.14. The first kappa shape index (κ1) is 10.4. The minimum Gasteiger partial charge on any atom is -0.418 e. The van der Waals surface area contributed by atoms with Gasteiger partial charge in [0.2, 0.25) is 0 Å². The van der Waals surface area contributed by atoms with E-state index in [-0.39, 0.29) is 0 Å². The van der Waals surface area contributed by atoms with Gasteiger partial charge >= 0.3 is 0 Å². The molecule has 0 amide bonds. The predicted molar refractivity (Wildman–Crippen MR) is 66.8 cm³/mol. The van der Waals surface area contributed by atoms with Crippen LogP contribution in [0.5, 0.6) is 0 Å². The fraction of sp³-hybridized carbons (Fsp3) is 0.308. The molecule has 3 rings (SSSR count). The van der Waals surface area contributed by atoms with Crippen LogP contribution in [0.2, 0.25) is 0 Å². The first-order valence-electron chi connectivity index (χ1n) is 5.80. The van der Waals surface area contributed by atoms with Crippen molar-refractivity contribution in [2.45, 2.75) is 6.42 Å². The number of nitrogens with one attached hydrogen (secondary N) is 1. The molecule has 1 N–H and O–H groups in total. The summed E-state index contributed by atoms with van der Waals surface area (Å²) in [7, 11) is 1.66. The molecule has 0 aromatic rings. The average molecular weight is 229 g/mol. The second-order valence-electron chi connectivity index (χ2n) is 4.14. The maximum Gasteiger partial charge on any atom is 0.104 e. The summed E-state index contributed by atoms with van der Waals surface area (Å²) in [6.07, 6.45) is 9.12. The third kappa shape index (κ3) is 1.80. The highest BCUT2D eigenvalue weighted by Gasteiger charge is 2.16. The van der Waals surface area contributed by atoms with Crippen molar-refractivity contribution < 1.29 is 4.84 Å². The van der Waals surface area contributed by atoms with E-state index in [0.29, 0.717) is 0 Å². The lowest BCUT2D eigenvalue weighted by molar-refractivity contribution is 0.165. The van der Waals surface area contributed by atoms with Crippen LogP contribution >= 0.6 is 0 Å². The topological polar surface area (TPSA) is 39.1 Å². The third-order valence-electron chi connectivity index (χ3n) is 3.16. The lowest BCUT2D eigenvalue weighted by Gasteiger charge is -2.14. The lowest BCUT2D eigenvalue weighted by Crippen LogP contribution is -2.20. The fourth-order valence-electron chi connectivity index (χ4n) is 2.23. The highest BCUT2D eigenvalue weighted by atomic mass is 16.6. The van der Waals surface area contributed by atoms with E-state index in [2.05, 4.69) is 16.4 Å². The molecule has 0 saturated heterocycles. The van der Waals surface area contributed by atoms with Crippen LogP contribution in [0.3, 0.4) is 0 Å². The molecule has 0 fully saturated rings. The van der Waals surface area contributed by atoms with Crippen LogP contribution in [0.15, 0.2) is 30.7 Å². The van der Waals surface area contributed by atoms with Crippen LogP contribution in [0.4, 0.5) is 0 Å². The Morgan fingerprint density at radius 3 is 3.12 bits per heavy atom. The molecule has 4 heteroatoms. The van der Waals surface area contributed by atoms with E-state index in [4.69, 9.17) is 4.84 Å². The van der Waals surface area contributed by atoms with Crippen LogP contribution in [-0.2, 0) is 0 Å². The van der Waals surface area contributed by atoms with Gasteiger partial charge in [-0.2, -0.15) is 4.73 Å². The number of fused-ring (bicyclic) bond motifs is 1. The molecule has 17 heavy (non-hydrogen) atoms. The van der Waals surface area contributed by atoms with Crippen molar-refractivity contribution in [3.63, 3.8) is 0 Å². The second kappa shape index (κ2) is 4.22. The highest BCUT2D eigenvalue weighted by molar-refractivity contribution is 5.81. The van der Waals surface area contributed by atoms with Gasteiger partial charge in [-0.3, -0.25) is 4.98 Å². The van der Waals surface area contributed by atoms with Crippen LogP contribution in [0.1, 0.15) is 12.0 Å². The minimum atomic E-state index is 0.944. The van der Waals surface area contributed by atoms with Crippen molar-refractivity contribution in [3.05, 3.63) is 36.3 Å². The van der Waals surface area contributed by atoms with E-state index >= 15 is 0 Å². The summed E-state index contributed by atoms with van der Waals surface area (Å²) in [5.41, 5.74) is 4.78. The predicted octanol–water partition coefficient (Wildman–Crippen LogP) is 1.42. The lowest BCUT2D eigenvalue weighted by atomic mass is 9.98. The molecule has 0 unspecified atom stereocenters. The maximum atomic E-state index is 5.19. The molecule has 0 aromatic carbocycles. The highest BCUT2D eigenvalue weighted by Crippen LogP contribution is 2.31. The number of hydrogen-bond acceptors (Lipinski definition) is 3. The van der Waals surface area contributed by atoms with Gasteiger partial charge in [-0.25, -0.2) is 0 Å². The summed E-state index contributed by atoms with van der Waals surface area (Å²) in [5.74, 6) is 0. The molecule has 88 valence electrons. The van der Waals surface area contributed by atoms with Gasteiger partial charge in [-0.05, 0) is 24.6 Å². The smallest absolute Gasteiger partial charge is 0.104 e. The van der Waals surface area contributed by atoms with Crippen molar-refractivity contribution in [3.8, 4) is 11.3 Å². The fourth-order valence-corrected chi connectivity index (χ4v) is 2.23. The molecular weight excluding hydrogens is 214 g/mol. The third-order valence-corrected chi connectivity index (χ3v) is 3.16. The van der Waals surface area contributed by atoms with Crippen molar-refractivity contribution in [1.29, 1.82) is 0 Å². The van der Waals surface area contributed by atoms with Crippen molar-refractivity contribution in [1.82, 2.24) is 15.0 Å². The molecule has 4 nitrogen and oxygen atoms in total. The quantitative estimate of drug-likeness (QED) is 0.846. The first-order valence-corrected chi connectivity index (χ1v) is 5.80. The Morgan fingerprint density at radius 1 is 1.41 bits per heavy atom. The van der Waals surface area contributed by atoms with E-state index in [1.54, 1.807) is 11.8 Å². The molecule has 0 radical (unpaired) electrons. The molecule has 3 aliphatic heterocycles. The van der Waals surface area contributed by atoms with Crippen LogP contribution < -0.4 is 10.2 Å². The normalized spacial score (nSPS) is 15.9. The molecule has 0 aliphatic carbocycles. The monoisotopic (exact) mass is 229 g/mol. The molecule has 0 aromatic heterocycles. The summed E-state index contributed by atoms with van der Waals surface area (Å²) < 4.78 is 1.70. The maximum absolute atomic E-state index is 5.19. The van der Waals surface area contributed by atoms with E-state index in [1.807, 2.05) is 24.7 Å². The van der Waals surface area contributed by atoms with Crippen molar-refractivity contribution >= 4 is 5.57 Å². The molecule has 3 aliphatic rings. The van der Waals surface area contributed by atoms with Crippen LogP contribution in [-0.4, -0.2) is 29.9 Å². The first-order chi connectivity index (χ1) is 8.38. The Bertz CT molecular complexity index is 530. The van der Waals surface area contributed by atoms with Crippen molar-refractivity contribution in [2.24, 2.45) is 0 Å². The number of nitrogens with zero attached hydrogens (tertiary/aromatic N) is 2. The molecule has 0 atom stereocenters. The zero-order valence-electron chi connectivity index (χ0n) is 9.81. The van der Waals surface area contributed by atoms with E-state index in [9.17, 15) is 0 Å². The molecule has 3 heterocycles.